The van der Waals surface area contributed by atoms with Gasteiger partial charge in [0, 0.05) is 19.6 Å². The Kier molecular flexibility index (Phi) is 7.25. The number of nitrogens with two attached hydrogens (primary N) is 1. The van der Waals surface area contributed by atoms with Crippen molar-refractivity contribution in [3.8, 4) is 0 Å². The van der Waals surface area contributed by atoms with Crippen LogP contribution in [-0.4, -0.2) is 42.9 Å². The summed E-state index contributed by atoms with van der Waals surface area (Å²) in [5, 5.41) is 4.72. The fourth-order valence-corrected chi connectivity index (χ4v) is 2.57. The van der Waals surface area contributed by atoms with Gasteiger partial charge in [-0.25, -0.2) is 0 Å². The van der Waals surface area contributed by atoms with Crippen LogP contribution in [0.1, 0.15) is 35.9 Å². The maximum Gasteiger partial charge on any atom is 0.264 e. The summed E-state index contributed by atoms with van der Waals surface area (Å²) >= 11 is 1.37. The van der Waals surface area contributed by atoms with Crippen molar-refractivity contribution in [1.29, 1.82) is 0 Å². The van der Waals surface area contributed by atoms with Crippen LogP contribution in [0.3, 0.4) is 0 Å². The van der Waals surface area contributed by atoms with Gasteiger partial charge in [-0.05, 0) is 17.9 Å². The number of nitrogens with zero attached hydrogens (tertiary/aromatic N) is 1. The Morgan fingerprint density at radius 1 is 1.50 bits per heavy atom. The quantitative estimate of drug-likeness (QED) is 0.762. The first-order valence-electron chi connectivity index (χ1n) is 6.86. The zero-order chi connectivity index (χ0) is 15.0. The molecule has 3 N–H and O–H groups in total. The van der Waals surface area contributed by atoms with Gasteiger partial charge in [0.15, 0.2) is 0 Å². The molecule has 0 aromatic carbocycles. The lowest BCUT2D eigenvalue weighted by molar-refractivity contribution is -0.122. The third-order valence-electron chi connectivity index (χ3n) is 3.02. The summed E-state index contributed by atoms with van der Waals surface area (Å²) in [7, 11) is 1.63. The van der Waals surface area contributed by atoms with Crippen LogP contribution in [0.25, 0.3) is 0 Å². The number of hydrogen-bond donors (Lipinski definition) is 2. The largest absolute Gasteiger partial charge is 0.351 e. The van der Waals surface area contributed by atoms with Crippen molar-refractivity contribution in [2.45, 2.75) is 32.2 Å². The summed E-state index contributed by atoms with van der Waals surface area (Å²) < 4.78 is 0. The second-order valence-corrected chi connectivity index (χ2v) is 5.73. The minimum atomic E-state index is -0.163. The highest BCUT2D eigenvalue weighted by molar-refractivity contribution is 7.12. The zero-order valence-corrected chi connectivity index (χ0v) is 12.9. The second kappa shape index (κ2) is 8.71. The maximum absolute atomic E-state index is 12.0. The molecule has 0 aliphatic heterocycles. The fraction of sp³-hybridized carbons (Fsp3) is 0.571. The molecular formula is C14H23N3O2S. The first kappa shape index (κ1) is 16.7. The van der Waals surface area contributed by atoms with E-state index in [0.29, 0.717) is 11.4 Å². The Morgan fingerprint density at radius 2 is 2.25 bits per heavy atom. The summed E-state index contributed by atoms with van der Waals surface area (Å²) in [6.45, 7) is 2.58. The molecule has 0 radical (unpaired) electrons. The van der Waals surface area contributed by atoms with Crippen molar-refractivity contribution >= 4 is 23.2 Å². The highest BCUT2D eigenvalue weighted by atomic mass is 32.1. The van der Waals surface area contributed by atoms with Crippen LogP contribution in [0.4, 0.5) is 0 Å². The van der Waals surface area contributed by atoms with E-state index >= 15 is 0 Å². The van der Waals surface area contributed by atoms with Crippen molar-refractivity contribution < 1.29 is 9.59 Å². The van der Waals surface area contributed by atoms with E-state index in [9.17, 15) is 9.59 Å². The highest BCUT2D eigenvalue weighted by Gasteiger charge is 2.17. The van der Waals surface area contributed by atoms with Crippen molar-refractivity contribution in [2.24, 2.45) is 5.73 Å². The molecule has 0 saturated heterocycles. The van der Waals surface area contributed by atoms with E-state index in [1.54, 1.807) is 13.1 Å². The van der Waals surface area contributed by atoms with E-state index in [-0.39, 0.29) is 24.4 Å². The Labute approximate surface area is 124 Å². The Morgan fingerprint density at radius 3 is 2.80 bits per heavy atom. The van der Waals surface area contributed by atoms with Gasteiger partial charge < -0.3 is 16.0 Å². The summed E-state index contributed by atoms with van der Waals surface area (Å²) in [5.41, 5.74) is 5.64. The minimum absolute atomic E-state index is 0.00677. The van der Waals surface area contributed by atoms with Crippen LogP contribution in [0.2, 0.25) is 0 Å². The second-order valence-electron chi connectivity index (χ2n) is 4.78. The third kappa shape index (κ3) is 5.30. The number of likely N-dealkylation sites (N-methyl/N-ethyl adjacent to an activating group) is 1. The average molecular weight is 297 g/mol. The molecule has 1 aromatic heterocycles. The van der Waals surface area contributed by atoms with Gasteiger partial charge in [-0.3, -0.25) is 9.59 Å². The Hall–Kier alpha value is -1.40. The molecule has 1 rings (SSSR count). The molecule has 6 heteroatoms. The molecular weight excluding hydrogens is 274 g/mol. The van der Waals surface area contributed by atoms with Crippen molar-refractivity contribution in [3.63, 3.8) is 0 Å². The minimum Gasteiger partial charge on any atom is -0.351 e. The Bertz CT molecular complexity index is 420. The molecule has 1 atom stereocenters. The van der Waals surface area contributed by atoms with Crippen LogP contribution < -0.4 is 11.1 Å². The molecule has 2 amide bonds. The lowest BCUT2D eigenvalue weighted by Gasteiger charge is -2.20. The molecule has 0 saturated carbocycles. The number of hydrogen-bond acceptors (Lipinski definition) is 4. The molecule has 1 heterocycles. The van der Waals surface area contributed by atoms with Gasteiger partial charge in [-0.15, -0.1) is 11.3 Å². The summed E-state index contributed by atoms with van der Waals surface area (Å²) in [5.74, 6) is -0.294. The predicted molar refractivity (Wildman–Crippen MR) is 81.8 cm³/mol. The summed E-state index contributed by atoms with van der Waals surface area (Å²) in [6, 6.07) is 3.57. The number of carbonyl (C=O) groups excluding carboxylic acids is 2. The molecule has 1 unspecified atom stereocenters. The first-order valence-corrected chi connectivity index (χ1v) is 7.74. The molecule has 5 nitrogen and oxygen atoms in total. The fourth-order valence-electron chi connectivity index (χ4n) is 1.85. The first-order chi connectivity index (χ1) is 9.58. The Balaban J connectivity index is 2.42. The molecule has 1 aromatic rings. The third-order valence-corrected chi connectivity index (χ3v) is 3.87. The lowest BCUT2D eigenvalue weighted by atomic mass is 10.1. The molecule has 0 spiro atoms. The molecule has 0 fully saturated rings. The van der Waals surface area contributed by atoms with Crippen LogP contribution in [0.5, 0.6) is 0 Å². The maximum atomic E-state index is 12.0. The molecule has 0 aliphatic carbocycles. The van der Waals surface area contributed by atoms with E-state index in [1.807, 2.05) is 11.4 Å². The number of unbranched alkanes of at least 4 members (excludes halogenated alkanes) is 1. The van der Waals surface area contributed by atoms with Crippen molar-refractivity contribution in [3.05, 3.63) is 22.4 Å². The van der Waals surface area contributed by atoms with Gasteiger partial charge in [0.05, 0.1) is 11.4 Å². The van der Waals surface area contributed by atoms with Crippen molar-refractivity contribution in [2.75, 3.05) is 20.1 Å². The van der Waals surface area contributed by atoms with Gasteiger partial charge in [-0.2, -0.15) is 0 Å². The van der Waals surface area contributed by atoms with Crippen LogP contribution in [0, 0.1) is 0 Å². The van der Waals surface area contributed by atoms with E-state index in [4.69, 9.17) is 5.73 Å². The van der Waals surface area contributed by atoms with Crippen molar-refractivity contribution in [1.82, 2.24) is 10.2 Å². The number of nitrogens with one attached hydrogen (secondary N) is 1. The van der Waals surface area contributed by atoms with E-state index in [0.717, 1.165) is 19.3 Å². The van der Waals surface area contributed by atoms with Gasteiger partial charge in [0.2, 0.25) is 5.91 Å². The zero-order valence-electron chi connectivity index (χ0n) is 12.1. The average Bonchev–Trinajstić information content (AvgIpc) is 2.96. The normalized spacial score (nSPS) is 11.9. The van der Waals surface area contributed by atoms with E-state index in [2.05, 4.69) is 12.2 Å². The molecule has 0 aliphatic rings. The van der Waals surface area contributed by atoms with Gasteiger partial charge >= 0.3 is 0 Å². The number of rotatable bonds is 8. The molecule has 112 valence electrons. The SMILES string of the molecule is CCCCC(CN)NC(=O)CN(C)C(=O)c1cccs1. The van der Waals surface area contributed by atoms with Gasteiger partial charge in [0.1, 0.15) is 0 Å². The summed E-state index contributed by atoms with van der Waals surface area (Å²) in [6.07, 6.45) is 2.98. The van der Waals surface area contributed by atoms with E-state index in [1.165, 1.54) is 16.2 Å². The standard InChI is InChI=1S/C14H23N3O2S/c1-3-4-6-11(9-15)16-13(18)10-17(2)14(19)12-7-5-8-20-12/h5,7-8,11H,3-4,6,9-10,15H2,1-2H3,(H,16,18). The molecule has 20 heavy (non-hydrogen) atoms. The lowest BCUT2D eigenvalue weighted by Crippen LogP contribution is -2.45. The van der Waals surface area contributed by atoms with Gasteiger partial charge in [-0.1, -0.05) is 25.8 Å². The number of thiophene rings is 1. The van der Waals surface area contributed by atoms with Gasteiger partial charge in [0.25, 0.3) is 5.91 Å². The monoisotopic (exact) mass is 297 g/mol. The number of amides is 2. The number of carbonyl (C=O) groups is 2. The van der Waals surface area contributed by atoms with Crippen LogP contribution in [0.15, 0.2) is 17.5 Å². The van der Waals surface area contributed by atoms with E-state index < -0.39 is 0 Å². The smallest absolute Gasteiger partial charge is 0.264 e. The molecule has 0 bridgehead atoms. The predicted octanol–water partition coefficient (Wildman–Crippen LogP) is 1.45. The summed E-state index contributed by atoms with van der Waals surface area (Å²) in [4.78, 5) is 26.0. The highest BCUT2D eigenvalue weighted by Crippen LogP contribution is 2.10. The van der Waals surface area contributed by atoms with Crippen LogP contribution >= 0.6 is 11.3 Å². The topological polar surface area (TPSA) is 75.4 Å². The van der Waals surface area contributed by atoms with Crippen LogP contribution in [-0.2, 0) is 4.79 Å².